The fraction of sp³-hybridized carbons (Fsp3) is 0.421. The first-order valence-corrected chi connectivity index (χ1v) is 10.7. The van der Waals surface area contributed by atoms with Crippen molar-refractivity contribution in [1.82, 2.24) is 10.3 Å². The number of hydrogen-bond donors (Lipinski definition) is 2. The van der Waals surface area contributed by atoms with E-state index >= 15 is 0 Å². The number of aryl methyl sites for hydroxylation is 2. The van der Waals surface area contributed by atoms with Crippen molar-refractivity contribution in [2.24, 2.45) is 0 Å². The minimum atomic E-state index is -3.63. The van der Waals surface area contributed by atoms with Crippen molar-refractivity contribution in [1.29, 1.82) is 0 Å². The van der Waals surface area contributed by atoms with Gasteiger partial charge >= 0.3 is 0 Å². The number of fused-ring (bicyclic) bond motifs is 1. The van der Waals surface area contributed by atoms with E-state index in [1.807, 2.05) is 18.2 Å². The quantitative estimate of drug-likeness (QED) is 0.860. The normalized spacial score (nSPS) is 17.6. The van der Waals surface area contributed by atoms with Crippen molar-refractivity contribution in [3.63, 3.8) is 0 Å². The molecule has 1 fully saturated rings. The van der Waals surface area contributed by atoms with E-state index in [-0.39, 0.29) is 4.90 Å². The molecule has 138 valence electrons. The first-order valence-electron chi connectivity index (χ1n) is 9.18. The van der Waals surface area contributed by atoms with Gasteiger partial charge in [0, 0.05) is 38.1 Å². The van der Waals surface area contributed by atoms with Gasteiger partial charge in [-0.3, -0.25) is 4.72 Å². The van der Waals surface area contributed by atoms with E-state index in [2.05, 4.69) is 19.9 Å². The average molecular weight is 372 g/mol. The Morgan fingerprint density at radius 2 is 1.77 bits per heavy atom. The van der Waals surface area contributed by atoms with Crippen molar-refractivity contribution in [3.05, 3.63) is 47.7 Å². The molecule has 1 aromatic heterocycles. The summed E-state index contributed by atoms with van der Waals surface area (Å²) in [6.07, 6.45) is 5.92. The smallest absolute Gasteiger partial charge is 0.263 e. The Kier molecular flexibility index (Phi) is 4.82. The van der Waals surface area contributed by atoms with Crippen LogP contribution in [0.3, 0.4) is 0 Å². The van der Waals surface area contributed by atoms with Gasteiger partial charge in [-0.25, -0.2) is 13.4 Å². The fourth-order valence-corrected chi connectivity index (χ4v) is 4.62. The second-order valence-corrected chi connectivity index (χ2v) is 8.57. The number of pyridine rings is 1. The van der Waals surface area contributed by atoms with Crippen LogP contribution in [0.4, 0.5) is 11.5 Å². The van der Waals surface area contributed by atoms with Gasteiger partial charge in [-0.15, -0.1) is 0 Å². The van der Waals surface area contributed by atoms with Crippen LogP contribution in [0, 0.1) is 0 Å². The highest BCUT2D eigenvalue weighted by Gasteiger charge is 2.18. The molecule has 0 radical (unpaired) electrons. The van der Waals surface area contributed by atoms with Gasteiger partial charge in [0.2, 0.25) is 0 Å². The molecular formula is C19H24N4O2S. The number of piperazine rings is 1. The van der Waals surface area contributed by atoms with Crippen molar-refractivity contribution in [2.45, 2.75) is 30.6 Å². The van der Waals surface area contributed by atoms with Gasteiger partial charge in [-0.2, -0.15) is 0 Å². The lowest BCUT2D eigenvalue weighted by molar-refractivity contribution is 0.584. The molecule has 0 saturated carbocycles. The Morgan fingerprint density at radius 1 is 1.00 bits per heavy atom. The Bertz CT molecular complexity index is 875. The zero-order valence-corrected chi connectivity index (χ0v) is 15.6. The largest absolute Gasteiger partial charge is 0.354 e. The minimum Gasteiger partial charge on any atom is -0.354 e. The van der Waals surface area contributed by atoms with Gasteiger partial charge in [0.05, 0.1) is 0 Å². The topological polar surface area (TPSA) is 74.3 Å². The van der Waals surface area contributed by atoms with Crippen molar-refractivity contribution in [3.8, 4) is 0 Å². The molecule has 4 rings (SSSR count). The van der Waals surface area contributed by atoms with Crippen LogP contribution < -0.4 is 14.9 Å². The number of anilines is 2. The maximum atomic E-state index is 12.7. The van der Waals surface area contributed by atoms with E-state index < -0.39 is 10.0 Å². The van der Waals surface area contributed by atoms with Gasteiger partial charge in [0.15, 0.2) is 0 Å². The lowest BCUT2D eigenvalue weighted by Crippen LogP contribution is -2.43. The Morgan fingerprint density at radius 3 is 2.50 bits per heavy atom. The highest BCUT2D eigenvalue weighted by Crippen LogP contribution is 2.26. The zero-order chi connectivity index (χ0) is 18.0. The summed E-state index contributed by atoms with van der Waals surface area (Å²) in [7, 11) is -3.63. The molecule has 2 aliphatic rings. The molecular weight excluding hydrogens is 348 g/mol. The lowest BCUT2D eigenvalue weighted by Gasteiger charge is -2.28. The van der Waals surface area contributed by atoms with Gasteiger partial charge in [-0.1, -0.05) is 6.07 Å². The van der Waals surface area contributed by atoms with Crippen LogP contribution >= 0.6 is 0 Å². The number of aromatic nitrogens is 1. The maximum Gasteiger partial charge on any atom is 0.263 e. The fourth-order valence-electron chi connectivity index (χ4n) is 3.62. The Labute approximate surface area is 154 Å². The Balaban J connectivity index is 1.51. The van der Waals surface area contributed by atoms with E-state index in [1.165, 1.54) is 30.2 Å². The van der Waals surface area contributed by atoms with Crippen LogP contribution in [0.25, 0.3) is 0 Å². The maximum absolute atomic E-state index is 12.7. The summed E-state index contributed by atoms with van der Waals surface area (Å²) in [4.78, 5) is 6.71. The highest BCUT2D eigenvalue weighted by atomic mass is 32.2. The first kappa shape index (κ1) is 17.3. The number of sulfonamides is 1. The molecule has 0 atom stereocenters. The predicted molar refractivity (Wildman–Crippen MR) is 103 cm³/mol. The summed E-state index contributed by atoms with van der Waals surface area (Å²) < 4.78 is 28.1. The molecule has 7 heteroatoms. The molecule has 2 heterocycles. The van der Waals surface area contributed by atoms with Crippen LogP contribution in [-0.4, -0.2) is 39.6 Å². The first-order chi connectivity index (χ1) is 12.6. The molecule has 0 spiro atoms. The van der Waals surface area contributed by atoms with E-state index in [0.29, 0.717) is 5.69 Å². The van der Waals surface area contributed by atoms with Gasteiger partial charge < -0.3 is 10.2 Å². The van der Waals surface area contributed by atoms with E-state index in [1.54, 1.807) is 12.1 Å². The van der Waals surface area contributed by atoms with Crippen molar-refractivity contribution in [2.75, 3.05) is 35.8 Å². The SMILES string of the molecule is O=S(=O)(Nc1ccc2c(c1)CCCC2)c1ccc(N2CCNCC2)nc1. The molecule has 1 aromatic carbocycles. The molecule has 2 aromatic rings. The average Bonchev–Trinajstić information content (AvgIpc) is 2.68. The molecule has 0 amide bonds. The number of hydrogen-bond acceptors (Lipinski definition) is 5. The van der Waals surface area contributed by atoms with Crippen LogP contribution in [0.2, 0.25) is 0 Å². The third-order valence-electron chi connectivity index (χ3n) is 5.07. The third-order valence-corrected chi connectivity index (χ3v) is 6.44. The molecule has 0 unspecified atom stereocenters. The predicted octanol–water partition coefficient (Wildman–Crippen LogP) is 2.17. The lowest BCUT2D eigenvalue weighted by atomic mass is 9.91. The second kappa shape index (κ2) is 7.25. The third kappa shape index (κ3) is 3.68. The Hall–Kier alpha value is -2.12. The molecule has 1 aliphatic carbocycles. The number of rotatable bonds is 4. The molecule has 6 nitrogen and oxygen atoms in total. The molecule has 1 aliphatic heterocycles. The summed E-state index contributed by atoms with van der Waals surface area (Å²) in [5.74, 6) is 0.819. The molecule has 0 bridgehead atoms. The van der Waals surface area contributed by atoms with E-state index in [4.69, 9.17) is 0 Å². The van der Waals surface area contributed by atoms with Gasteiger partial charge in [0.25, 0.3) is 10.0 Å². The van der Waals surface area contributed by atoms with Gasteiger partial charge in [0.1, 0.15) is 10.7 Å². The van der Waals surface area contributed by atoms with Crippen molar-refractivity contribution >= 4 is 21.5 Å². The molecule has 2 N–H and O–H groups in total. The summed E-state index contributed by atoms with van der Waals surface area (Å²) in [6, 6.07) is 9.27. The van der Waals surface area contributed by atoms with Crippen LogP contribution in [0.15, 0.2) is 41.4 Å². The standard InChI is InChI=1S/C19H24N4O2S/c24-26(25,22-17-6-5-15-3-1-2-4-16(15)13-17)18-7-8-19(21-14-18)23-11-9-20-10-12-23/h5-8,13-14,20,22H,1-4,9-12H2. The summed E-state index contributed by atoms with van der Waals surface area (Å²) in [5, 5.41) is 3.29. The van der Waals surface area contributed by atoms with E-state index in [9.17, 15) is 8.42 Å². The van der Waals surface area contributed by atoms with Crippen LogP contribution in [0.1, 0.15) is 24.0 Å². The minimum absolute atomic E-state index is 0.189. The number of nitrogens with one attached hydrogen (secondary N) is 2. The molecule has 1 saturated heterocycles. The summed E-state index contributed by atoms with van der Waals surface area (Å²) in [5.41, 5.74) is 3.21. The summed E-state index contributed by atoms with van der Waals surface area (Å²) in [6.45, 7) is 3.60. The number of benzene rings is 1. The summed E-state index contributed by atoms with van der Waals surface area (Å²) >= 11 is 0. The zero-order valence-electron chi connectivity index (χ0n) is 14.7. The van der Waals surface area contributed by atoms with Crippen molar-refractivity contribution < 1.29 is 8.42 Å². The monoisotopic (exact) mass is 372 g/mol. The van der Waals surface area contributed by atoms with Crippen LogP contribution in [0.5, 0.6) is 0 Å². The number of nitrogens with zero attached hydrogens (tertiary/aromatic N) is 2. The molecule has 26 heavy (non-hydrogen) atoms. The second-order valence-electron chi connectivity index (χ2n) is 6.89. The highest BCUT2D eigenvalue weighted by molar-refractivity contribution is 7.92. The van der Waals surface area contributed by atoms with Crippen LogP contribution in [-0.2, 0) is 22.9 Å². The van der Waals surface area contributed by atoms with E-state index in [0.717, 1.165) is 44.8 Å². The van der Waals surface area contributed by atoms with Gasteiger partial charge in [-0.05, 0) is 61.1 Å².